The van der Waals surface area contributed by atoms with Gasteiger partial charge in [-0.2, -0.15) is 0 Å². The summed E-state index contributed by atoms with van der Waals surface area (Å²) >= 11 is 0. The number of hydrogen-bond donors (Lipinski definition) is 2. The zero-order valence-electron chi connectivity index (χ0n) is 27.7. The fraction of sp³-hybridized carbons (Fsp3) is 0.800. The van der Waals surface area contributed by atoms with Crippen LogP contribution in [0, 0.1) is 5.92 Å². The van der Waals surface area contributed by atoms with E-state index in [1.54, 1.807) is 6.92 Å². The summed E-state index contributed by atoms with van der Waals surface area (Å²) in [5, 5.41) is 0. The normalized spacial score (nSPS) is 14.3. The average molecular weight is 626 g/mol. The molecule has 0 bridgehead atoms. The molecule has 43 heavy (non-hydrogen) atoms. The molecule has 0 saturated heterocycles. The van der Waals surface area contributed by atoms with Crippen LogP contribution in [0.4, 0.5) is 0 Å². The quantitative estimate of drug-likeness (QED) is 0.0647. The van der Waals surface area contributed by atoms with E-state index in [-0.39, 0.29) is 24.7 Å². The van der Waals surface area contributed by atoms with Crippen LogP contribution in [-0.4, -0.2) is 36.5 Å². The number of hydrogen-bond acceptors (Lipinski definition) is 6. The Bertz CT molecular complexity index is 866. The van der Waals surface area contributed by atoms with Gasteiger partial charge in [0.2, 0.25) is 0 Å². The molecule has 0 fully saturated rings. The Balaban J connectivity index is 2.32. The molecule has 0 heterocycles. The summed E-state index contributed by atoms with van der Waals surface area (Å²) in [5.41, 5.74) is 6.48. The number of ketones is 1. The molecule has 250 valence electrons. The first-order valence-corrected chi connectivity index (χ1v) is 18.9. The molecule has 7 nitrogen and oxygen atoms in total. The highest BCUT2D eigenvalue weighted by molar-refractivity contribution is 7.47. The van der Waals surface area contributed by atoms with Crippen molar-refractivity contribution < 1.29 is 28.0 Å². The molecule has 0 spiro atoms. The molecule has 0 aromatic heterocycles. The van der Waals surface area contributed by atoms with Gasteiger partial charge in [-0.3, -0.25) is 13.8 Å². The van der Waals surface area contributed by atoms with Crippen LogP contribution in [0.3, 0.4) is 0 Å². The van der Waals surface area contributed by atoms with E-state index in [0.717, 1.165) is 24.2 Å². The summed E-state index contributed by atoms with van der Waals surface area (Å²) in [6.45, 7) is 6.74. The molecule has 8 heteroatoms. The van der Waals surface area contributed by atoms with Gasteiger partial charge in [-0.1, -0.05) is 128 Å². The van der Waals surface area contributed by atoms with Crippen LogP contribution in [0.5, 0.6) is 5.75 Å². The Morgan fingerprint density at radius 1 is 0.860 bits per heavy atom. The van der Waals surface area contributed by atoms with Gasteiger partial charge in [0.15, 0.2) is 0 Å². The lowest BCUT2D eigenvalue weighted by Crippen LogP contribution is -2.19. The number of benzene rings is 1. The predicted octanol–water partition coefficient (Wildman–Crippen LogP) is 9.73. The zero-order valence-corrected chi connectivity index (χ0v) is 28.6. The van der Waals surface area contributed by atoms with E-state index in [1.807, 2.05) is 31.2 Å². The number of carbonyl (C=O) groups is 1. The van der Waals surface area contributed by atoms with Crippen LogP contribution >= 0.6 is 7.82 Å². The number of nitrogens with two attached hydrogens (primary N) is 1. The van der Waals surface area contributed by atoms with Crippen molar-refractivity contribution in [3.63, 3.8) is 0 Å². The number of carbonyl (C=O) groups excluding carboxylic acids is 1. The van der Waals surface area contributed by atoms with E-state index in [4.69, 9.17) is 19.5 Å². The van der Waals surface area contributed by atoms with E-state index < -0.39 is 13.9 Å². The summed E-state index contributed by atoms with van der Waals surface area (Å²) in [5.74, 6) is 0.629. The maximum Gasteiger partial charge on any atom is 0.472 e. The highest BCUT2D eigenvalue weighted by Gasteiger charge is 2.27. The van der Waals surface area contributed by atoms with Crippen LogP contribution in [0.1, 0.15) is 148 Å². The molecule has 1 aromatic rings. The standard InChI is InChI=1S/C35H64NO6P/c1-4-6-7-8-9-10-11-12-13-14-15-16-17-18-19-22-27-40-35-24-21-20-23-33(35)28-32(29-34(37)5-2)30-41-43(38,39)42-31(3)25-26-36/h20-21,23-24,31-32H,4-19,22,25-30,36H2,1-3H3,(H,38,39). The third-order valence-electron chi connectivity index (χ3n) is 8.01. The summed E-state index contributed by atoms with van der Waals surface area (Å²) in [6.07, 6.45) is 22.5. The van der Waals surface area contributed by atoms with Gasteiger partial charge in [-0.15, -0.1) is 0 Å². The lowest BCUT2D eigenvalue weighted by atomic mass is 9.94. The fourth-order valence-electron chi connectivity index (χ4n) is 5.36. The SMILES string of the molecule is CCCCCCCCCCCCCCCCCCOc1ccccc1CC(COP(=O)(O)OC(C)CCN)CC(=O)CC. The van der Waals surface area contributed by atoms with Gasteiger partial charge < -0.3 is 15.4 Å². The van der Waals surface area contributed by atoms with Crippen molar-refractivity contribution >= 4 is 13.6 Å². The summed E-state index contributed by atoms with van der Waals surface area (Å²) in [6, 6.07) is 7.84. The first-order valence-electron chi connectivity index (χ1n) is 17.4. The maximum absolute atomic E-state index is 12.4. The number of phosphoric ester groups is 1. The summed E-state index contributed by atoms with van der Waals surface area (Å²) in [7, 11) is -4.25. The van der Waals surface area contributed by atoms with Gasteiger partial charge in [0.05, 0.1) is 19.3 Å². The number of ether oxygens (including phenoxy) is 1. The molecule has 0 aliphatic carbocycles. The Morgan fingerprint density at radius 3 is 1.93 bits per heavy atom. The van der Waals surface area contributed by atoms with E-state index in [9.17, 15) is 14.3 Å². The molecule has 3 unspecified atom stereocenters. The zero-order chi connectivity index (χ0) is 31.6. The molecule has 0 aliphatic heterocycles. The first kappa shape index (κ1) is 39.8. The molecule has 0 saturated carbocycles. The van der Waals surface area contributed by atoms with Crippen LogP contribution in [0.25, 0.3) is 0 Å². The second kappa shape index (κ2) is 26.0. The highest BCUT2D eigenvalue weighted by atomic mass is 31.2. The van der Waals surface area contributed by atoms with E-state index in [0.29, 0.717) is 32.4 Å². The number of unbranched alkanes of at least 4 members (excludes halogenated alkanes) is 15. The van der Waals surface area contributed by atoms with Gasteiger partial charge in [-0.25, -0.2) is 4.57 Å². The van der Waals surface area contributed by atoms with Crippen molar-refractivity contribution in [3.8, 4) is 5.75 Å². The average Bonchev–Trinajstić information content (AvgIpc) is 2.98. The predicted molar refractivity (Wildman–Crippen MR) is 179 cm³/mol. The third-order valence-corrected chi connectivity index (χ3v) is 9.11. The third kappa shape index (κ3) is 22.0. The first-order chi connectivity index (χ1) is 20.8. The number of Topliss-reactive ketones (excluding diaryl/α,β-unsaturated/α-hetero) is 1. The minimum absolute atomic E-state index is 0.0533. The largest absolute Gasteiger partial charge is 0.493 e. The molecule has 1 rings (SSSR count). The molecule has 3 N–H and O–H groups in total. The summed E-state index contributed by atoms with van der Waals surface area (Å²) < 4.78 is 29.1. The number of rotatable bonds is 30. The molecule has 0 amide bonds. The lowest BCUT2D eigenvalue weighted by molar-refractivity contribution is -0.120. The van der Waals surface area contributed by atoms with Crippen molar-refractivity contribution in [2.24, 2.45) is 11.7 Å². The minimum atomic E-state index is -4.25. The second-order valence-corrected chi connectivity index (χ2v) is 13.6. The maximum atomic E-state index is 12.4. The van der Waals surface area contributed by atoms with E-state index in [1.165, 1.54) is 89.9 Å². The van der Waals surface area contributed by atoms with Crippen molar-refractivity contribution in [2.75, 3.05) is 19.8 Å². The van der Waals surface area contributed by atoms with Crippen molar-refractivity contribution in [2.45, 2.75) is 155 Å². The van der Waals surface area contributed by atoms with Gasteiger partial charge in [0, 0.05) is 12.8 Å². The minimum Gasteiger partial charge on any atom is -0.493 e. The Labute approximate surface area is 263 Å². The lowest BCUT2D eigenvalue weighted by Gasteiger charge is -2.21. The molecule has 0 aliphatic rings. The highest BCUT2D eigenvalue weighted by Crippen LogP contribution is 2.45. The van der Waals surface area contributed by atoms with Crippen LogP contribution in [0.2, 0.25) is 0 Å². The summed E-state index contributed by atoms with van der Waals surface area (Å²) in [4.78, 5) is 22.4. The smallest absolute Gasteiger partial charge is 0.472 e. The van der Waals surface area contributed by atoms with Crippen LogP contribution in [-0.2, 0) is 24.8 Å². The van der Waals surface area contributed by atoms with Gasteiger partial charge in [-0.05, 0) is 50.3 Å². The molecule has 1 aromatic carbocycles. The topological polar surface area (TPSA) is 108 Å². The number of para-hydroxylation sites is 1. The van der Waals surface area contributed by atoms with Crippen LogP contribution < -0.4 is 10.5 Å². The molecule has 0 radical (unpaired) electrons. The Hall–Kier alpha value is -1.24. The van der Waals surface area contributed by atoms with Crippen molar-refractivity contribution in [1.29, 1.82) is 0 Å². The monoisotopic (exact) mass is 625 g/mol. The van der Waals surface area contributed by atoms with E-state index in [2.05, 4.69) is 6.92 Å². The van der Waals surface area contributed by atoms with Crippen LogP contribution in [0.15, 0.2) is 24.3 Å². The van der Waals surface area contributed by atoms with Gasteiger partial charge in [0.25, 0.3) is 0 Å². The molecular weight excluding hydrogens is 561 g/mol. The van der Waals surface area contributed by atoms with Gasteiger partial charge in [0.1, 0.15) is 11.5 Å². The second-order valence-electron chi connectivity index (χ2n) is 12.2. The van der Waals surface area contributed by atoms with Crippen molar-refractivity contribution in [1.82, 2.24) is 0 Å². The molecular formula is C35H64NO6P. The Kier molecular flexibility index (Phi) is 24.1. The van der Waals surface area contributed by atoms with E-state index >= 15 is 0 Å². The Morgan fingerprint density at radius 2 is 1.40 bits per heavy atom. The number of phosphoric acid groups is 1. The van der Waals surface area contributed by atoms with Gasteiger partial charge >= 0.3 is 7.82 Å². The molecule has 3 atom stereocenters. The fourth-order valence-corrected chi connectivity index (χ4v) is 6.38. The van der Waals surface area contributed by atoms with Crippen molar-refractivity contribution in [3.05, 3.63) is 29.8 Å².